The largest absolute Gasteiger partial charge is 0.325 e. The molecule has 2 rings (SSSR count). The summed E-state index contributed by atoms with van der Waals surface area (Å²) in [4.78, 5) is 14.4. The molecule has 0 aliphatic heterocycles. The van der Waals surface area contributed by atoms with Crippen LogP contribution in [0.3, 0.4) is 0 Å². The van der Waals surface area contributed by atoms with E-state index in [0.29, 0.717) is 5.69 Å². The van der Waals surface area contributed by atoms with E-state index < -0.39 is 0 Å². The topological polar surface area (TPSA) is 41.1 Å². The molecule has 1 aromatic heterocycles. The molecule has 0 saturated heterocycles. The van der Waals surface area contributed by atoms with Crippen LogP contribution >= 0.6 is 11.3 Å². The average Bonchev–Trinajstić information content (AvgIpc) is 2.84. The van der Waals surface area contributed by atoms with Gasteiger partial charge < -0.3 is 10.6 Å². The molecular formula is C16H19FN2OS. The summed E-state index contributed by atoms with van der Waals surface area (Å²) in [7, 11) is 0. The van der Waals surface area contributed by atoms with Crippen molar-refractivity contribution in [2.24, 2.45) is 0 Å². The van der Waals surface area contributed by atoms with Crippen LogP contribution in [0.5, 0.6) is 0 Å². The lowest BCUT2D eigenvalue weighted by Gasteiger charge is -2.12. The third kappa shape index (κ3) is 5.28. The number of thiophene rings is 1. The van der Waals surface area contributed by atoms with Gasteiger partial charge in [0.1, 0.15) is 5.82 Å². The van der Waals surface area contributed by atoms with Crippen molar-refractivity contribution in [1.82, 2.24) is 5.32 Å². The number of amides is 1. The minimum Gasteiger partial charge on any atom is -0.325 e. The molecule has 1 heterocycles. The molecule has 0 aliphatic carbocycles. The Morgan fingerprint density at radius 1 is 1.24 bits per heavy atom. The average molecular weight is 306 g/mol. The maximum absolute atomic E-state index is 12.8. The highest BCUT2D eigenvalue weighted by Gasteiger charge is 2.08. The lowest BCUT2D eigenvalue weighted by Crippen LogP contribution is -2.35. The van der Waals surface area contributed by atoms with Gasteiger partial charge in [-0.25, -0.2) is 4.39 Å². The first-order valence-electron chi connectivity index (χ1n) is 6.87. The van der Waals surface area contributed by atoms with Crippen molar-refractivity contribution in [2.75, 3.05) is 11.9 Å². The van der Waals surface area contributed by atoms with Crippen molar-refractivity contribution < 1.29 is 9.18 Å². The Kier molecular flexibility index (Phi) is 5.47. The first kappa shape index (κ1) is 15.7. The Morgan fingerprint density at radius 2 is 1.95 bits per heavy atom. The Morgan fingerprint density at radius 3 is 2.57 bits per heavy atom. The van der Waals surface area contributed by atoms with Crippen LogP contribution in [0.1, 0.15) is 16.7 Å². The van der Waals surface area contributed by atoms with Crippen molar-refractivity contribution in [2.45, 2.75) is 26.3 Å². The van der Waals surface area contributed by atoms with Gasteiger partial charge in [-0.3, -0.25) is 4.79 Å². The highest BCUT2D eigenvalue weighted by atomic mass is 32.1. The molecule has 0 radical (unpaired) electrons. The van der Waals surface area contributed by atoms with Crippen LogP contribution in [-0.2, 0) is 11.2 Å². The number of anilines is 1. The summed E-state index contributed by atoms with van der Waals surface area (Å²) < 4.78 is 12.8. The van der Waals surface area contributed by atoms with Crippen molar-refractivity contribution in [3.05, 3.63) is 52.0 Å². The smallest absolute Gasteiger partial charge is 0.238 e. The van der Waals surface area contributed by atoms with Gasteiger partial charge in [-0.2, -0.15) is 0 Å². The van der Waals surface area contributed by atoms with Crippen molar-refractivity contribution in [1.29, 1.82) is 0 Å². The number of aryl methyl sites for hydroxylation is 1. The summed E-state index contributed by atoms with van der Waals surface area (Å²) in [5.74, 6) is -0.443. The molecule has 3 nitrogen and oxygen atoms in total. The standard InChI is InChI=1S/C16H19FN2OS/c1-11(9-15-8-3-12(2)21-15)18-10-16(20)19-14-6-4-13(17)5-7-14/h3-8,11,18H,9-10H2,1-2H3,(H,19,20). The summed E-state index contributed by atoms with van der Waals surface area (Å²) in [5.41, 5.74) is 0.602. The van der Waals surface area contributed by atoms with E-state index in [1.807, 2.05) is 0 Å². The highest BCUT2D eigenvalue weighted by Crippen LogP contribution is 2.16. The van der Waals surface area contributed by atoms with E-state index in [1.165, 1.54) is 21.9 Å². The SMILES string of the molecule is Cc1ccc(CC(C)NCC(=O)Nc2ccc(F)cc2)s1. The normalized spacial score (nSPS) is 12.1. The monoisotopic (exact) mass is 306 g/mol. The number of hydrogen-bond acceptors (Lipinski definition) is 3. The van der Waals surface area contributed by atoms with Gasteiger partial charge in [-0.05, 0) is 56.7 Å². The fourth-order valence-corrected chi connectivity index (χ4v) is 2.99. The van der Waals surface area contributed by atoms with E-state index in [0.717, 1.165) is 6.42 Å². The van der Waals surface area contributed by atoms with Gasteiger partial charge in [0, 0.05) is 21.5 Å². The molecule has 21 heavy (non-hydrogen) atoms. The summed E-state index contributed by atoms with van der Waals surface area (Å²) in [6, 6.07) is 10.2. The Hall–Kier alpha value is -1.72. The quantitative estimate of drug-likeness (QED) is 0.859. The van der Waals surface area contributed by atoms with Crippen molar-refractivity contribution in [3.8, 4) is 0 Å². The maximum Gasteiger partial charge on any atom is 0.238 e. The van der Waals surface area contributed by atoms with Gasteiger partial charge in [-0.15, -0.1) is 11.3 Å². The van der Waals surface area contributed by atoms with Crippen LogP contribution in [0.4, 0.5) is 10.1 Å². The number of rotatable bonds is 6. The van der Waals surface area contributed by atoms with Crippen LogP contribution in [0.15, 0.2) is 36.4 Å². The molecule has 2 N–H and O–H groups in total. The van der Waals surface area contributed by atoms with Crippen LogP contribution < -0.4 is 10.6 Å². The highest BCUT2D eigenvalue weighted by molar-refractivity contribution is 7.11. The number of carbonyl (C=O) groups is 1. The second-order valence-corrected chi connectivity index (χ2v) is 6.43. The minimum absolute atomic E-state index is 0.129. The first-order chi connectivity index (χ1) is 10.0. The third-order valence-corrected chi connectivity index (χ3v) is 4.07. The minimum atomic E-state index is -0.314. The zero-order valence-corrected chi connectivity index (χ0v) is 13.0. The molecule has 2 aromatic rings. The molecule has 0 aliphatic rings. The Balaban J connectivity index is 1.74. The molecule has 1 unspecified atom stereocenters. The van der Waals surface area contributed by atoms with Crippen molar-refractivity contribution >= 4 is 22.9 Å². The first-order valence-corrected chi connectivity index (χ1v) is 7.68. The molecule has 5 heteroatoms. The number of nitrogens with one attached hydrogen (secondary N) is 2. The van der Waals surface area contributed by atoms with Gasteiger partial charge in [0.2, 0.25) is 5.91 Å². The fourth-order valence-electron chi connectivity index (χ4n) is 1.97. The number of hydrogen-bond donors (Lipinski definition) is 2. The second kappa shape index (κ2) is 7.33. The molecule has 0 saturated carbocycles. The van der Waals surface area contributed by atoms with Crippen LogP contribution in [0.2, 0.25) is 0 Å². The molecule has 1 atom stereocenters. The summed E-state index contributed by atoms with van der Waals surface area (Å²) >= 11 is 1.78. The Bertz CT molecular complexity index is 595. The van der Waals surface area contributed by atoms with Gasteiger partial charge in [0.25, 0.3) is 0 Å². The molecule has 0 fully saturated rings. The van der Waals surface area contributed by atoms with Gasteiger partial charge in [0.15, 0.2) is 0 Å². The molecule has 112 valence electrons. The molecular weight excluding hydrogens is 287 g/mol. The lowest BCUT2D eigenvalue weighted by molar-refractivity contribution is -0.115. The predicted octanol–water partition coefficient (Wildman–Crippen LogP) is 3.35. The Labute approximate surface area is 128 Å². The van der Waals surface area contributed by atoms with E-state index in [4.69, 9.17) is 0 Å². The van der Waals surface area contributed by atoms with E-state index in [-0.39, 0.29) is 24.3 Å². The molecule has 0 bridgehead atoms. The van der Waals surface area contributed by atoms with E-state index in [2.05, 4.69) is 36.6 Å². The second-order valence-electron chi connectivity index (χ2n) is 5.05. The van der Waals surface area contributed by atoms with E-state index in [1.54, 1.807) is 23.5 Å². The van der Waals surface area contributed by atoms with E-state index >= 15 is 0 Å². The van der Waals surface area contributed by atoms with Crippen LogP contribution in [0, 0.1) is 12.7 Å². The zero-order valence-electron chi connectivity index (χ0n) is 12.2. The van der Waals surface area contributed by atoms with Gasteiger partial charge in [0.05, 0.1) is 6.54 Å². The fraction of sp³-hybridized carbons (Fsp3) is 0.312. The summed E-state index contributed by atoms with van der Waals surface area (Å²) in [5, 5.41) is 5.92. The number of halogens is 1. The van der Waals surface area contributed by atoms with Crippen LogP contribution in [0.25, 0.3) is 0 Å². The summed E-state index contributed by atoms with van der Waals surface area (Å²) in [6.45, 7) is 4.38. The molecule has 0 spiro atoms. The van der Waals surface area contributed by atoms with Gasteiger partial charge >= 0.3 is 0 Å². The predicted molar refractivity (Wildman–Crippen MR) is 85.3 cm³/mol. The van der Waals surface area contributed by atoms with Crippen molar-refractivity contribution in [3.63, 3.8) is 0 Å². The zero-order chi connectivity index (χ0) is 15.2. The molecule has 1 amide bonds. The summed E-state index contributed by atoms with van der Waals surface area (Å²) in [6.07, 6.45) is 0.905. The van der Waals surface area contributed by atoms with E-state index in [9.17, 15) is 9.18 Å². The third-order valence-electron chi connectivity index (χ3n) is 3.04. The number of carbonyl (C=O) groups excluding carboxylic acids is 1. The maximum atomic E-state index is 12.8. The van der Waals surface area contributed by atoms with Gasteiger partial charge in [-0.1, -0.05) is 0 Å². The molecule has 1 aromatic carbocycles. The number of benzene rings is 1. The van der Waals surface area contributed by atoms with Crippen LogP contribution in [-0.4, -0.2) is 18.5 Å². The lowest BCUT2D eigenvalue weighted by atomic mass is 10.2.